The van der Waals surface area contributed by atoms with E-state index >= 15 is 0 Å². The number of hydrogen-bond acceptors (Lipinski definition) is 2. The molecule has 0 aliphatic rings. The molecule has 0 saturated heterocycles. The van der Waals surface area contributed by atoms with Crippen LogP contribution in [0, 0.1) is 0 Å². The first-order valence-corrected chi connectivity index (χ1v) is 5.88. The molecule has 0 aromatic rings. The largest absolute Gasteiger partial charge is 0.366 e. The number of rotatable bonds is 8. The number of nitrogens with one attached hydrogen (secondary N) is 1. The molecule has 0 rings (SSSR count). The molecule has 4 nitrogen and oxygen atoms in total. The van der Waals surface area contributed by atoms with E-state index in [4.69, 9.17) is 5.73 Å². The van der Waals surface area contributed by atoms with Gasteiger partial charge in [-0.2, -0.15) is 0 Å². The van der Waals surface area contributed by atoms with Gasteiger partial charge in [-0.3, -0.25) is 9.59 Å². The van der Waals surface area contributed by atoms with Crippen molar-refractivity contribution in [3.63, 3.8) is 0 Å². The normalized spacial score (nSPS) is 12.6. The number of nitrogens with two attached hydrogens (primary N) is 1. The van der Waals surface area contributed by atoms with Gasteiger partial charge in [0.05, 0.1) is 0 Å². The Kier molecular flexibility index (Phi) is 8.21. The van der Waals surface area contributed by atoms with Crippen LogP contribution < -0.4 is 11.1 Å². The zero-order valence-corrected chi connectivity index (χ0v) is 10.2. The zero-order valence-electron chi connectivity index (χ0n) is 10.2. The first-order valence-electron chi connectivity index (χ1n) is 5.88. The molecule has 0 aliphatic heterocycles. The predicted molar refractivity (Wildman–Crippen MR) is 64.7 cm³/mol. The SMILES string of the molecule is CCCCCC(CC)NC(=O)/C=C\C(N)=O. The van der Waals surface area contributed by atoms with E-state index in [1.165, 1.54) is 18.9 Å². The van der Waals surface area contributed by atoms with Gasteiger partial charge >= 0.3 is 0 Å². The molecule has 0 radical (unpaired) electrons. The fourth-order valence-electron chi connectivity index (χ4n) is 1.43. The van der Waals surface area contributed by atoms with Crippen molar-refractivity contribution < 1.29 is 9.59 Å². The van der Waals surface area contributed by atoms with E-state index in [0.29, 0.717) is 0 Å². The van der Waals surface area contributed by atoms with Crippen molar-refractivity contribution in [1.82, 2.24) is 5.32 Å². The van der Waals surface area contributed by atoms with Crippen LogP contribution in [0.5, 0.6) is 0 Å². The van der Waals surface area contributed by atoms with E-state index in [2.05, 4.69) is 12.2 Å². The van der Waals surface area contributed by atoms with Crippen molar-refractivity contribution in [3.8, 4) is 0 Å². The van der Waals surface area contributed by atoms with Gasteiger partial charge in [0.2, 0.25) is 11.8 Å². The third-order valence-electron chi connectivity index (χ3n) is 2.39. The number of hydrogen-bond donors (Lipinski definition) is 2. The number of carbonyl (C=O) groups is 2. The summed E-state index contributed by atoms with van der Waals surface area (Å²) in [6.07, 6.45) is 7.63. The topological polar surface area (TPSA) is 72.2 Å². The van der Waals surface area contributed by atoms with Gasteiger partial charge in [0.25, 0.3) is 0 Å². The van der Waals surface area contributed by atoms with Gasteiger partial charge in [-0.1, -0.05) is 33.1 Å². The van der Waals surface area contributed by atoms with Crippen molar-refractivity contribution in [2.75, 3.05) is 0 Å². The van der Waals surface area contributed by atoms with Crippen LogP contribution in [0.1, 0.15) is 46.0 Å². The maximum Gasteiger partial charge on any atom is 0.244 e. The lowest BCUT2D eigenvalue weighted by Gasteiger charge is -2.15. The third kappa shape index (κ3) is 8.03. The second-order valence-electron chi connectivity index (χ2n) is 3.85. The summed E-state index contributed by atoms with van der Waals surface area (Å²) in [7, 11) is 0. The third-order valence-corrected chi connectivity index (χ3v) is 2.39. The van der Waals surface area contributed by atoms with Crippen LogP contribution >= 0.6 is 0 Å². The lowest BCUT2D eigenvalue weighted by atomic mass is 10.1. The quantitative estimate of drug-likeness (QED) is 0.486. The molecule has 4 heteroatoms. The standard InChI is InChI=1S/C12H22N2O2/c1-3-5-6-7-10(4-2)14-12(16)9-8-11(13)15/h8-10H,3-7H2,1-2H3,(H2,13,15)(H,14,16)/b9-8-. The Morgan fingerprint density at radius 1 is 1.25 bits per heavy atom. The van der Waals surface area contributed by atoms with Crippen LogP contribution in [0.15, 0.2) is 12.2 Å². The van der Waals surface area contributed by atoms with Gasteiger partial charge in [0, 0.05) is 18.2 Å². The molecule has 0 fully saturated rings. The highest BCUT2D eigenvalue weighted by molar-refractivity contribution is 5.96. The Hall–Kier alpha value is -1.32. The lowest BCUT2D eigenvalue weighted by molar-refractivity contribution is -0.118. The van der Waals surface area contributed by atoms with Crippen molar-refractivity contribution in [2.45, 2.75) is 52.0 Å². The summed E-state index contributed by atoms with van der Waals surface area (Å²) in [5.41, 5.74) is 4.90. The molecule has 3 N–H and O–H groups in total. The van der Waals surface area contributed by atoms with Crippen molar-refractivity contribution in [1.29, 1.82) is 0 Å². The van der Waals surface area contributed by atoms with Crippen LogP contribution in [0.25, 0.3) is 0 Å². The number of carbonyl (C=O) groups excluding carboxylic acids is 2. The molecule has 0 aliphatic carbocycles. The number of unbranched alkanes of at least 4 members (excludes halogenated alkanes) is 2. The Morgan fingerprint density at radius 2 is 1.94 bits per heavy atom. The van der Waals surface area contributed by atoms with E-state index in [1.54, 1.807) is 0 Å². The second-order valence-corrected chi connectivity index (χ2v) is 3.85. The molecule has 0 aromatic heterocycles. The van der Waals surface area contributed by atoms with Crippen molar-refractivity contribution in [3.05, 3.63) is 12.2 Å². The monoisotopic (exact) mass is 226 g/mol. The molecular formula is C12H22N2O2. The van der Waals surface area contributed by atoms with E-state index in [0.717, 1.165) is 25.3 Å². The average Bonchev–Trinajstić information content (AvgIpc) is 2.25. The summed E-state index contributed by atoms with van der Waals surface area (Å²) in [6, 6.07) is 0.191. The molecule has 2 amide bonds. The number of primary amides is 1. The molecule has 0 bridgehead atoms. The zero-order chi connectivity index (χ0) is 12.4. The first kappa shape index (κ1) is 14.7. The Bertz CT molecular complexity index is 249. The molecule has 92 valence electrons. The fourth-order valence-corrected chi connectivity index (χ4v) is 1.43. The van der Waals surface area contributed by atoms with Gasteiger partial charge in [-0.05, 0) is 12.8 Å². The molecule has 0 saturated carbocycles. The lowest BCUT2D eigenvalue weighted by Crippen LogP contribution is -2.33. The number of amides is 2. The van der Waals surface area contributed by atoms with Gasteiger partial charge in [-0.15, -0.1) is 0 Å². The summed E-state index contributed by atoms with van der Waals surface area (Å²) in [5.74, 6) is -0.851. The second kappa shape index (κ2) is 8.95. The minimum absolute atomic E-state index is 0.191. The summed E-state index contributed by atoms with van der Waals surface area (Å²) in [5, 5.41) is 2.85. The Morgan fingerprint density at radius 3 is 2.44 bits per heavy atom. The highest BCUT2D eigenvalue weighted by Crippen LogP contribution is 2.06. The Balaban J connectivity index is 3.92. The van der Waals surface area contributed by atoms with E-state index < -0.39 is 5.91 Å². The molecule has 0 spiro atoms. The predicted octanol–water partition coefficient (Wildman–Crippen LogP) is 1.50. The Labute approximate surface area is 97.3 Å². The summed E-state index contributed by atoms with van der Waals surface area (Å²) >= 11 is 0. The molecule has 1 unspecified atom stereocenters. The smallest absolute Gasteiger partial charge is 0.244 e. The minimum atomic E-state index is -0.603. The maximum absolute atomic E-state index is 11.3. The van der Waals surface area contributed by atoms with Gasteiger partial charge < -0.3 is 11.1 Å². The fraction of sp³-hybridized carbons (Fsp3) is 0.667. The molecular weight excluding hydrogens is 204 g/mol. The molecule has 16 heavy (non-hydrogen) atoms. The van der Waals surface area contributed by atoms with Crippen molar-refractivity contribution in [2.24, 2.45) is 5.73 Å². The van der Waals surface area contributed by atoms with Crippen LogP contribution in [0.4, 0.5) is 0 Å². The summed E-state index contributed by atoms with van der Waals surface area (Å²) in [4.78, 5) is 21.8. The van der Waals surface area contributed by atoms with Crippen LogP contribution in [-0.2, 0) is 9.59 Å². The van der Waals surface area contributed by atoms with Crippen LogP contribution in [-0.4, -0.2) is 17.9 Å². The highest BCUT2D eigenvalue weighted by Gasteiger charge is 2.07. The minimum Gasteiger partial charge on any atom is -0.366 e. The van der Waals surface area contributed by atoms with E-state index in [1.807, 2.05) is 6.92 Å². The summed E-state index contributed by atoms with van der Waals surface area (Å²) in [6.45, 7) is 4.18. The molecule has 0 aromatic carbocycles. The van der Waals surface area contributed by atoms with Gasteiger partial charge in [0.1, 0.15) is 0 Å². The van der Waals surface area contributed by atoms with E-state index in [9.17, 15) is 9.59 Å². The first-order chi connectivity index (χ1) is 7.60. The van der Waals surface area contributed by atoms with Crippen LogP contribution in [0.2, 0.25) is 0 Å². The average molecular weight is 226 g/mol. The van der Waals surface area contributed by atoms with Crippen molar-refractivity contribution >= 4 is 11.8 Å². The molecule has 1 atom stereocenters. The highest BCUT2D eigenvalue weighted by atomic mass is 16.2. The summed E-state index contributed by atoms with van der Waals surface area (Å²) < 4.78 is 0. The maximum atomic E-state index is 11.3. The van der Waals surface area contributed by atoms with Gasteiger partial charge in [-0.25, -0.2) is 0 Å². The van der Waals surface area contributed by atoms with Gasteiger partial charge in [0.15, 0.2) is 0 Å². The molecule has 0 heterocycles. The van der Waals surface area contributed by atoms with E-state index in [-0.39, 0.29) is 11.9 Å². The van der Waals surface area contributed by atoms with Crippen LogP contribution in [0.3, 0.4) is 0 Å².